The zero-order valence-corrected chi connectivity index (χ0v) is 18.1. The molecule has 0 spiro atoms. The summed E-state index contributed by atoms with van der Waals surface area (Å²) in [5.41, 5.74) is 1.44. The maximum atomic E-state index is 13.1. The van der Waals surface area contributed by atoms with Gasteiger partial charge < -0.3 is 5.32 Å². The van der Waals surface area contributed by atoms with Crippen LogP contribution in [0.4, 0.5) is 5.69 Å². The van der Waals surface area contributed by atoms with Gasteiger partial charge in [0.2, 0.25) is 11.7 Å². The van der Waals surface area contributed by atoms with Gasteiger partial charge in [0.1, 0.15) is 11.2 Å². The van der Waals surface area contributed by atoms with Crippen LogP contribution in [0, 0.1) is 6.92 Å². The summed E-state index contributed by atoms with van der Waals surface area (Å²) in [6.45, 7) is 1.94. The van der Waals surface area contributed by atoms with Crippen molar-refractivity contribution < 1.29 is 4.79 Å². The van der Waals surface area contributed by atoms with Crippen LogP contribution in [0.15, 0.2) is 62.8 Å². The molecule has 1 aromatic carbocycles. The fourth-order valence-electron chi connectivity index (χ4n) is 3.48. The van der Waals surface area contributed by atoms with E-state index in [1.807, 2.05) is 42.6 Å². The van der Waals surface area contributed by atoms with E-state index in [0.29, 0.717) is 22.4 Å². The number of fused-ring (bicyclic) bond motifs is 3. The van der Waals surface area contributed by atoms with Gasteiger partial charge in [-0.15, -0.1) is 27.8 Å². The Balaban J connectivity index is 1.60. The molecular weight excluding hydrogens is 434 g/mol. The lowest BCUT2D eigenvalue weighted by Crippen LogP contribution is -2.29. The minimum Gasteiger partial charge on any atom is -0.324 e. The average Bonchev–Trinajstić information content (AvgIpc) is 3.48. The summed E-state index contributed by atoms with van der Waals surface area (Å²) in [7, 11) is 0. The van der Waals surface area contributed by atoms with Gasteiger partial charge in [-0.05, 0) is 41.4 Å². The molecule has 0 aliphatic carbocycles. The minimum absolute atomic E-state index is 0.201. The maximum absolute atomic E-state index is 13.1. The molecule has 10 heteroatoms. The second-order valence-electron chi connectivity index (χ2n) is 7.04. The highest BCUT2D eigenvalue weighted by Gasteiger charge is 2.20. The van der Waals surface area contributed by atoms with E-state index in [0.717, 1.165) is 15.1 Å². The van der Waals surface area contributed by atoms with Crippen LogP contribution in [0.25, 0.3) is 16.0 Å². The lowest BCUT2D eigenvalue weighted by atomic mass is 10.2. The molecule has 0 fully saturated rings. The molecule has 0 bridgehead atoms. The number of aromatic nitrogens is 4. The number of hydrogen-bond donors (Lipinski definition) is 1. The first-order valence-electron chi connectivity index (χ1n) is 9.50. The fourth-order valence-corrected chi connectivity index (χ4v) is 4.99. The third-order valence-electron chi connectivity index (χ3n) is 4.99. The lowest BCUT2D eigenvalue weighted by molar-refractivity contribution is -0.117. The monoisotopic (exact) mass is 451 g/mol. The maximum Gasteiger partial charge on any atom is 0.352 e. The number of para-hydroxylation sites is 1. The highest BCUT2D eigenvalue weighted by atomic mass is 32.1. The van der Waals surface area contributed by atoms with E-state index >= 15 is 0 Å². The number of amides is 1. The first kappa shape index (κ1) is 19.5. The number of nitrogens with zero attached hydrogens (tertiary/aromatic N) is 4. The zero-order chi connectivity index (χ0) is 21.5. The molecule has 5 rings (SSSR count). The van der Waals surface area contributed by atoms with Crippen LogP contribution in [0.1, 0.15) is 10.4 Å². The first-order chi connectivity index (χ1) is 15.0. The summed E-state index contributed by atoms with van der Waals surface area (Å²) in [6.07, 6.45) is 0. The Morgan fingerprint density at radius 3 is 2.68 bits per heavy atom. The Morgan fingerprint density at radius 1 is 1.06 bits per heavy atom. The van der Waals surface area contributed by atoms with E-state index in [1.165, 1.54) is 31.6 Å². The quantitative estimate of drug-likeness (QED) is 0.445. The predicted molar refractivity (Wildman–Crippen MR) is 122 cm³/mol. The van der Waals surface area contributed by atoms with Crippen LogP contribution in [0.3, 0.4) is 0 Å². The molecule has 1 N–H and O–H groups in total. The third-order valence-corrected chi connectivity index (χ3v) is 6.75. The van der Waals surface area contributed by atoms with Gasteiger partial charge in [-0.25, -0.2) is 13.9 Å². The first-order valence-corrected chi connectivity index (χ1v) is 11.3. The lowest BCUT2D eigenvalue weighted by Gasteiger charge is -2.07. The standard InChI is InChI=1S/C21H17N5O3S2/c1-13-5-2-3-7-15(13)22-17(27)12-25-21(29)26-16-8-10-31-18(16)19(28)24(20(26)23-25)11-14-6-4-9-30-14/h2-10H,11-12H2,1H3,(H,22,27). The topological polar surface area (TPSA) is 90.4 Å². The number of nitrogens with one attached hydrogen (secondary N) is 1. The summed E-state index contributed by atoms with van der Waals surface area (Å²) in [5, 5.41) is 10.9. The van der Waals surface area contributed by atoms with Gasteiger partial charge in [0.25, 0.3) is 5.56 Å². The van der Waals surface area contributed by atoms with Gasteiger partial charge in [-0.2, -0.15) is 0 Å². The molecule has 0 unspecified atom stereocenters. The molecule has 0 saturated heterocycles. The van der Waals surface area contributed by atoms with Crippen LogP contribution < -0.4 is 16.6 Å². The van der Waals surface area contributed by atoms with Crippen LogP contribution in [-0.4, -0.2) is 24.7 Å². The predicted octanol–water partition coefficient (Wildman–Crippen LogP) is 2.93. The van der Waals surface area contributed by atoms with E-state index in [9.17, 15) is 14.4 Å². The molecular formula is C21H17N5O3S2. The van der Waals surface area contributed by atoms with Gasteiger partial charge in [-0.3, -0.25) is 14.2 Å². The van der Waals surface area contributed by atoms with Crippen molar-refractivity contribution in [3.8, 4) is 0 Å². The van der Waals surface area contributed by atoms with Crippen molar-refractivity contribution in [3.05, 3.63) is 84.5 Å². The summed E-state index contributed by atoms with van der Waals surface area (Å²) in [4.78, 5) is 39.8. The summed E-state index contributed by atoms with van der Waals surface area (Å²) in [6, 6.07) is 13.0. The van der Waals surface area contributed by atoms with Gasteiger partial charge in [0.05, 0.1) is 12.1 Å². The fraction of sp³-hybridized carbons (Fsp3) is 0.143. The Hall–Kier alpha value is -3.50. The number of thiophene rings is 2. The molecule has 0 saturated carbocycles. The molecule has 156 valence electrons. The molecule has 8 nitrogen and oxygen atoms in total. The molecule has 1 amide bonds. The Morgan fingerprint density at radius 2 is 1.90 bits per heavy atom. The van der Waals surface area contributed by atoms with E-state index in [2.05, 4.69) is 10.4 Å². The van der Waals surface area contributed by atoms with E-state index in [4.69, 9.17) is 0 Å². The van der Waals surface area contributed by atoms with E-state index in [1.54, 1.807) is 17.5 Å². The van der Waals surface area contributed by atoms with Crippen LogP contribution in [0.2, 0.25) is 0 Å². The van der Waals surface area contributed by atoms with Gasteiger partial charge in [-0.1, -0.05) is 24.3 Å². The number of rotatable bonds is 5. The second-order valence-corrected chi connectivity index (χ2v) is 8.99. The van der Waals surface area contributed by atoms with E-state index in [-0.39, 0.29) is 23.8 Å². The molecule has 0 aliphatic rings. The number of carbonyl (C=O) groups excluding carboxylic acids is 1. The van der Waals surface area contributed by atoms with Gasteiger partial charge >= 0.3 is 5.69 Å². The largest absolute Gasteiger partial charge is 0.352 e. The highest BCUT2D eigenvalue weighted by molar-refractivity contribution is 7.17. The number of aryl methyl sites for hydroxylation is 1. The normalized spacial score (nSPS) is 11.4. The Labute approximate surface area is 183 Å². The van der Waals surface area contributed by atoms with Crippen molar-refractivity contribution in [2.45, 2.75) is 20.0 Å². The van der Waals surface area contributed by atoms with Gasteiger partial charge in [0, 0.05) is 10.6 Å². The van der Waals surface area contributed by atoms with Crippen molar-refractivity contribution in [1.82, 2.24) is 18.7 Å². The summed E-state index contributed by atoms with van der Waals surface area (Å²) >= 11 is 2.81. The Bertz CT molecular complexity index is 1540. The number of hydrogen-bond acceptors (Lipinski definition) is 6. The number of anilines is 1. The average molecular weight is 452 g/mol. The molecule has 4 aromatic heterocycles. The van der Waals surface area contributed by atoms with Crippen molar-refractivity contribution in [1.29, 1.82) is 0 Å². The molecule has 4 heterocycles. The summed E-state index contributed by atoms with van der Waals surface area (Å²) < 4.78 is 4.48. The summed E-state index contributed by atoms with van der Waals surface area (Å²) in [5.74, 6) is -0.147. The number of benzene rings is 1. The van der Waals surface area contributed by atoms with Crippen molar-refractivity contribution in [2.24, 2.45) is 0 Å². The SMILES string of the molecule is Cc1ccccc1NC(=O)Cn1nc2n(Cc3cccs3)c(=O)c3sccc3n2c1=O. The van der Waals surface area contributed by atoms with Crippen LogP contribution >= 0.6 is 22.7 Å². The van der Waals surface area contributed by atoms with Crippen molar-refractivity contribution in [3.63, 3.8) is 0 Å². The second kappa shape index (κ2) is 7.64. The molecule has 0 atom stereocenters. The van der Waals surface area contributed by atoms with Gasteiger partial charge in [0.15, 0.2) is 0 Å². The number of carbonyl (C=O) groups is 1. The Kier molecular flexibility index (Phi) is 4.79. The molecule has 0 aliphatic heterocycles. The zero-order valence-electron chi connectivity index (χ0n) is 16.4. The van der Waals surface area contributed by atoms with Crippen LogP contribution in [0.5, 0.6) is 0 Å². The minimum atomic E-state index is -0.460. The van der Waals surface area contributed by atoms with Crippen molar-refractivity contribution >= 4 is 50.3 Å². The van der Waals surface area contributed by atoms with Crippen LogP contribution in [-0.2, 0) is 17.9 Å². The molecule has 5 aromatic rings. The smallest absolute Gasteiger partial charge is 0.324 e. The highest BCUT2D eigenvalue weighted by Crippen LogP contribution is 2.19. The van der Waals surface area contributed by atoms with E-state index < -0.39 is 5.69 Å². The molecule has 0 radical (unpaired) electrons. The van der Waals surface area contributed by atoms with Crippen molar-refractivity contribution in [2.75, 3.05) is 5.32 Å². The molecule has 31 heavy (non-hydrogen) atoms. The third kappa shape index (κ3) is 3.39.